The minimum atomic E-state index is -0.794. The summed E-state index contributed by atoms with van der Waals surface area (Å²) in [7, 11) is 0. The van der Waals surface area contributed by atoms with Crippen molar-refractivity contribution in [1.82, 2.24) is 0 Å². The number of allylic oxidation sites excluding steroid dienone is 14. The molecule has 0 N–H and O–H groups in total. The van der Waals surface area contributed by atoms with Gasteiger partial charge < -0.3 is 14.2 Å². The number of esters is 3. The standard InChI is InChI=1S/C72H126O6/c1-4-7-10-13-16-19-22-25-28-31-32-33-34-35-36-37-38-39-40-42-44-47-50-53-56-59-62-65-71(74)77-68-69(67-76-70(73)64-61-58-55-52-49-46-43-30-27-24-21-18-15-12-9-6-3)78-72(75)66-63-60-57-54-51-48-45-41-29-26-23-20-17-14-11-8-5-2/h8,11,17,20,22,25-26,29-32,43,45,48,69H,4-7,9-10,12-16,18-19,21,23-24,27-28,33-42,44,46-47,49-68H2,1-3H3/b11-8-,20-17-,25-22-,29-26-,32-31-,43-30-,48-45-. The van der Waals surface area contributed by atoms with Gasteiger partial charge in [-0.05, 0) is 116 Å². The van der Waals surface area contributed by atoms with Gasteiger partial charge in [-0.2, -0.15) is 0 Å². The lowest BCUT2D eigenvalue weighted by Gasteiger charge is -2.18. The van der Waals surface area contributed by atoms with Gasteiger partial charge in [0.2, 0.25) is 0 Å². The molecule has 6 nitrogen and oxygen atoms in total. The van der Waals surface area contributed by atoms with E-state index in [0.717, 1.165) is 109 Å². The van der Waals surface area contributed by atoms with Gasteiger partial charge in [0.1, 0.15) is 13.2 Å². The van der Waals surface area contributed by atoms with Gasteiger partial charge in [0.05, 0.1) is 0 Å². The summed E-state index contributed by atoms with van der Waals surface area (Å²) in [5.41, 5.74) is 0. The SMILES string of the molecule is CC/C=C\C/C=C\C/C=C\C/C=C\CCCCCCC(=O)OC(COC(=O)CCCCCCC/C=C\CCCCCCCCC)COC(=O)CCCCCCCCCCCCCCCCC/C=C\C/C=C\CCCCCCC. The molecule has 0 saturated carbocycles. The van der Waals surface area contributed by atoms with Crippen LogP contribution in [0.3, 0.4) is 0 Å². The first-order chi connectivity index (χ1) is 38.5. The predicted molar refractivity (Wildman–Crippen MR) is 339 cm³/mol. The second-order valence-electron chi connectivity index (χ2n) is 22.3. The monoisotopic (exact) mass is 1090 g/mol. The number of hydrogen-bond acceptors (Lipinski definition) is 6. The van der Waals surface area contributed by atoms with Crippen molar-refractivity contribution in [1.29, 1.82) is 0 Å². The maximum atomic E-state index is 12.9. The zero-order valence-corrected chi connectivity index (χ0v) is 51.7. The van der Waals surface area contributed by atoms with Crippen LogP contribution in [0.2, 0.25) is 0 Å². The molecule has 0 aliphatic carbocycles. The van der Waals surface area contributed by atoms with Crippen LogP contribution < -0.4 is 0 Å². The largest absolute Gasteiger partial charge is 0.462 e. The van der Waals surface area contributed by atoms with Crippen LogP contribution in [-0.2, 0) is 28.6 Å². The molecule has 0 amide bonds. The normalized spacial score (nSPS) is 12.6. The molecule has 0 saturated heterocycles. The van der Waals surface area contributed by atoms with E-state index in [1.165, 1.54) is 186 Å². The molecule has 0 aliphatic rings. The van der Waals surface area contributed by atoms with Crippen LogP contribution in [0.15, 0.2) is 85.1 Å². The first kappa shape index (κ1) is 74.6. The van der Waals surface area contributed by atoms with Crippen LogP contribution in [0.4, 0.5) is 0 Å². The number of rotatable bonds is 61. The van der Waals surface area contributed by atoms with Gasteiger partial charge in [-0.25, -0.2) is 0 Å². The molecule has 0 rings (SSSR count). The van der Waals surface area contributed by atoms with Gasteiger partial charge in [-0.3, -0.25) is 14.4 Å². The molecule has 0 aromatic rings. The number of ether oxygens (including phenoxy) is 3. The lowest BCUT2D eigenvalue weighted by molar-refractivity contribution is -0.167. The van der Waals surface area contributed by atoms with Crippen molar-refractivity contribution < 1.29 is 28.6 Å². The zero-order chi connectivity index (χ0) is 56.4. The van der Waals surface area contributed by atoms with Crippen molar-refractivity contribution in [2.45, 2.75) is 341 Å². The summed E-state index contributed by atoms with van der Waals surface area (Å²) in [5, 5.41) is 0. The molecule has 1 unspecified atom stereocenters. The highest BCUT2D eigenvalue weighted by molar-refractivity contribution is 5.71. The first-order valence-corrected chi connectivity index (χ1v) is 33.6. The van der Waals surface area contributed by atoms with Crippen LogP contribution in [0.25, 0.3) is 0 Å². The van der Waals surface area contributed by atoms with Crippen molar-refractivity contribution in [3.63, 3.8) is 0 Å². The summed E-state index contributed by atoms with van der Waals surface area (Å²) in [6.07, 6.45) is 87.4. The number of unbranched alkanes of at least 4 members (excludes halogenated alkanes) is 36. The summed E-state index contributed by atoms with van der Waals surface area (Å²) < 4.78 is 16.9. The van der Waals surface area contributed by atoms with Gasteiger partial charge >= 0.3 is 17.9 Å². The van der Waals surface area contributed by atoms with Crippen molar-refractivity contribution in [2.24, 2.45) is 0 Å². The van der Waals surface area contributed by atoms with Crippen LogP contribution in [0, 0.1) is 0 Å². The molecule has 6 heteroatoms. The molecule has 0 aromatic heterocycles. The van der Waals surface area contributed by atoms with E-state index in [4.69, 9.17) is 14.2 Å². The van der Waals surface area contributed by atoms with E-state index < -0.39 is 6.10 Å². The second-order valence-corrected chi connectivity index (χ2v) is 22.3. The molecule has 0 spiro atoms. The smallest absolute Gasteiger partial charge is 0.306 e. The summed E-state index contributed by atoms with van der Waals surface area (Å²) in [5.74, 6) is -0.906. The van der Waals surface area contributed by atoms with E-state index >= 15 is 0 Å². The molecular weight excluding hydrogens is 961 g/mol. The van der Waals surface area contributed by atoms with Crippen LogP contribution in [-0.4, -0.2) is 37.2 Å². The molecule has 78 heavy (non-hydrogen) atoms. The highest BCUT2D eigenvalue weighted by Gasteiger charge is 2.19. The third kappa shape index (κ3) is 63.4. The Hall–Kier alpha value is -3.41. The minimum Gasteiger partial charge on any atom is -0.462 e. The fourth-order valence-electron chi connectivity index (χ4n) is 9.58. The second kappa shape index (κ2) is 66.1. The van der Waals surface area contributed by atoms with Crippen molar-refractivity contribution in [2.75, 3.05) is 13.2 Å². The third-order valence-electron chi connectivity index (χ3n) is 14.6. The highest BCUT2D eigenvalue weighted by Crippen LogP contribution is 2.17. The Bertz CT molecular complexity index is 1480. The first-order valence-electron chi connectivity index (χ1n) is 33.6. The molecule has 0 fully saturated rings. The minimum absolute atomic E-state index is 0.0874. The number of carbonyl (C=O) groups excluding carboxylic acids is 3. The summed E-state index contributed by atoms with van der Waals surface area (Å²) >= 11 is 0. The Morgan fingerprint density at radius 2 is 0.500 bits per heavy atom. The summed E-state index contributed by atoms with van der Waals surface area (Å²) in [6.45, 7) is 6.52. The molecule has 0 aliphatic heterocycles. The molecule has 450 valence electrons. The van der Waals surface area contributed by atoms with Crippen molar-refractivity contribution in [3.05, 3.63) is 85.1 Å². The molecule has 0 heterocycles. The van der Waals surface area contributed by atoms with Gasteiger partial charge in [0, 0.05) is 19.3 Å². The van der Waals surface area contributed by atoms with Crippen LogP contribution in [0.5, 0.6) is 0 Å². The Balaban J connectivity index is 4.31. The number of hydrogen-bond donors (Lipinski definition) is 0. The summed E-state index contributed by atoms with van der Waals surface area (Å²) in [6, 6.07) is 0. The fourth-order valence-corrected chi connectivity index (χ4v) is 9.58. The lowest BCUT2D eigenvalue weighted by atomic mass is 10.0. The van der Waals surface area contributed by atoms with Crippen molar-refractivity contribution in [3.8, 4) is 0 Å². The average Bonchev–Trinajstić information content (AvgIpc) is 3.44. The van der Waals surface area contributed by atoms with E-state index in [0.29, 0.717) is 19.3 Å². The van der Waals surface area contributed by atoms with Crippen LogP contribution >= 0.6 is 0 Å². The Morgan fingerprint density at radius 1 is 0.269 bits per heavy atom. The molecule has 0 radical (unpaired) electrons. The van der Waals surface area contributed by atoms with Crippen LogP contribution in [0.1, 0.15) is 335 Å². The predicted octanol–water partition coefficient (Wildman–Crippen LogP) is 23.1. The maximum Gasteiger partial charge on any atom is 0.306 e. The zero-order valence-electron chi connectivity index (χ0n) is 51.7. The molecule has 0 aromatic carbocycles. The van der Waals surface area contributed by atoms with E-state index in [-0.39, 0.29) is 31.1 Å². The fraction of sp³-hybridized carbons (Fsp3) is 0.764. The van der Waals surface area contributed by atoms with E-state index in [2.05, 4.69) is 106 Å². The van der Waals surface area contributed by atoms with E-state index in [1.807, 2.05) is 0 Å². The van der Waals surface area contributed by atoms with Gasteiger partial charge in [0.15, 0.2) is 6.10 Å². The topological polar surface area (TPSA) is 78.9 Å². The Morgan fingerprint density at radius 3 is 0.795 bits per heavy atom. The van der Waals surface area contributed by atoms with Crippen molar-refractivity contribution >= 4 is 17.9 Å². The molecule has 1 atom stereocenters. The lowest BCUT2D eigenvalue weighted by Crippen LogP contribution is -2.30. The maximum absolute atomic E-state index is 12.9. The Labute approximate surface area is 484 Å². The molecule has 0 bridgehead atoms. The third-order valence-corrected chi connectivity index (χ3v) is 14.6. The van der Waals surface area contributed by atoms with Gasteiger partial charge in [-0.15, -0.1) is 0 Å². The van der Waals surface area contributed by atoms with E-state index in [9.17, 15) is 14.4 Å². The summed E-state index contributed by atoms with van der Waals surface area (Å²) in [4.78, 5) is 38.4. The number of carbonyl (C=O) groups is 3. The van der Waals surface area contributed by atoms with Gasteiger partial charge in [-0.1, -0.05) is 286 Å². The van der Waals surface area contributed by atoms with E-state index in [1.54, 1.807) is 0 Å². The highest BCUT2D eigenvalue weighted by atomic mass is 16.6. The quantitative estimate of drug-likeness (QED) is 0.0261. The Kier molecular flexibility index (Phi) is 63.2. The average molecular weight is 1090 g/mol. The van der Waals surface area contributed by atoms with Gasteiger partial charge in [0.25, 0.3) is 0 Å². The molecular formula is C72H126O6.